The Balaban J connectivity index is 3.16. The van der Waals surface area contributed by atoms with Crippen molar-refractivity contribution < 1.29 is 0 Å². The Morgan fingerprint density at radius 2 is 1.92 bits per heavy atom. The summed E-state index contributed by atoms with van der Waals surface area (Å²) in [6.45, 7) is 18.8. The molecular weight excluding hydrogens is 306 g/mol. The highest BCUT2D eigenvalue weighted by Gasteiger charge is 2.20. The summed E-state index contributed by atoms with van der Waals surface area (Å²) in [5, 5.41) is 8.43. The molecule has 0 amide bonds. The maximum Gasteiger partial charge on any atom is 0.0472 e. The Labute approximate surface area is 153 Å². The SMILES string of the molecule is C=CC(C=C)=C(CN(C)C(C)c1cc(C)c(C=C)n1C)C(=N)CCC. The quantitative estimate of drug-likeness (QED) is 0.445. The molecule has 1 unspecified atom stereocenters. The van der Waals surface area contributed by atoms with Crippen LogP contribution in [-0.2, 0) is 7.05 Å². The van der Waals surface area contributed by atoms with E-state index in [0.29, 0.717) is 12.3 Å². The van der Waals surface area contributed by atoms with Gasteiger partial charge in [0.05, 0.1) is 0 Å². The lowest BCUT2D eigenvalue weighted by molar-refractivity contribution is 0.276. The standard InChI is InChI=1S/C22H33N3/c1-9-13-20(23)19(18(10-2)11-3)15-24(7)17(6)22-14-16(5)21(12-4)25(22)8/h10-12,14,17,23H,2-4,9,13,15H2,1,5-8H3. The number of likely N-dealkylation sites (N-methyl/N-ethyl adjacent to an activating group) is 1. The first kappa shape index (κ1) is 20.9. The Kier molecular flexibility index (Phi) is 7.85. The van der Waals surface area contributed by atoms with E-state index in [0.717, 1.165) is 29.7 Å². The predicted octanol–water partition coefficient (Wildman–Crippen LogP) is 5.46. The third kappa shape index (κ3) is 4.70. The third-order valence-electron chi connectivity index (χ3n) is 4.86. The average Bonchev–Trinajstić information content (AvgIpc) is 2.88. The van der Waals surface area contributed by atoms with E-state index >= 15 is 0 Å². The Morgan fingerprint density at radius 1 is 1.32 bits per heavy atom. The molecule has 1 N–H and O–H groups in total. The summed E-state index contributed by atoms with van der Waals surface area (Å²) in [6, 6.07) is 2.44. The minimum atomic E-state index is 0.220. The summed E-state index contributed by atoms with van der Waals surface area (Å²) in [7, 11) is 4.18. The maximum atomic E-state index is 8.43. The van der Waals surface area contributed by atoms with Crippen molar-refractivity contribution >= 4 is 11.8 Å². The van der Waals surface area contributed by atoms with Gasteiger partial charge in [0, 0.05) is 36.7 Å². The molecule has 0 spiro atoms. The Bertz CT molecular complexity index is 678. The number of rotatable bonds is 10. The van der Waals surface area contributed by atoms with Crippen LogP contribution >= 0.6 is 0 Å². The molecule has 0 saturated carbocycles. The molecule has 3 heteroatoms. The van der Waals surface area contributed by atoms with Gasteiger partial charge in [-0.2, -0.15) is 0 Å². The molecule has 1 aromatic heterocycles. The molecule has 0 aromatic carbocycles. The second kappa shape index (κ2) is 9.38. The van der Waals surface area contributed by atoms with Crippen LogP contribution in [0, 0.1) is 12.3 Å². The van der Waals surface area contributed by atoms with Gasteiger partial charge >= 0.3 is 0 Å². The minimum Gasteiger partial charge on any atom is -0.346 e. The van der Waals surface area contributed by atoms with Crippen LogP contribution in [0.5, 0.6) is 0 Å². The van der Waals surface area contributed by atoms with Crippen molar-refractivity contribution in [2.24, 2.45) is 7.05 Å². The summed E-state index contributed by atoms with van der Waals surface area (Å²) >= 11 is 0. The monoisotopic (exact) mass is 339 g/mol. The number of nitrogens with zero attached hydrogens (tertiary/aromatic N) is 2. The normalized spacial score (nSPS) is 11.9. The van der Waals surface area contributed by atoms with Gasteiger partial charge in [0.2, 0.25) is 0 Å². The van der Waals surface area contributed by atoms with E-state index in [2.05, 4.69) is 70.1 Å². The van der Waals surface area contributed by atoms with Crippen LogP contribution in [0.2, 0.25) is 0 Å². The smallest absolute Gasteiger partial charge is 0.0472 e. The molecule has 0 aliphatic heterocycles. The van der Waals surface area contributed by atoms with Crippen LogP contribution in [0.3, 0.4) is 0 Å². The van der Waals surface area contributed by atoms with Crippen molar-refractivity contribution in [2.45, 2.75) is 39.7 Å². The van der Waals surface area contributed by atoms with Gasteiger partial charge in [-0.3, -0.25) is 4.90 Å². The highest BCUT2D eigenvalue weighted by Crippen LogP contribution is 2.26. The van der Waals surface area contributed by atoms with Crippen molar-refractivity contribution in [1.29, 1.82) is 5.41 Å². The van der Waals surface area contributed by atoms with Crippen LogP contribution < -0.4 is 0 Å². The first-order valence-corrected chi connectivity index (χ1v) is 8.86. The van der Waals surface area contributed by atoms with E-state index in [1.165, 1.54) is 11.3 Å². The van der Waals surface area contributed by atoms with Crippen LogP contribution in [0.4, 0.5) is 0 Å². The molecule has 25 heavy (non-hydrogen) atoms. The molecule has 1 rings (SSSR count). The van der Waals surface area contributed by atoms with Gasteiger partial charge < -0.3 is 9.98 Å². The van der Waals surface area contributed by atoms with E-state index in [1.807, 2.05) is 6.08 Å². The lowest BCUT2D eigenvalue weighted by Crippen LogP contribution is -2.28. The van der Waals surface area contributed by atoms with Gasteiger partial charge in [-0.05, 0) is 56.2 Å². The average molecular weight is 340 g/mol. The Hall–Kier alpha value is -2.13. The van der Waals surface area contributed by atoms with E-state index in [-0.39, 0.29) is 6.04 Å². The largest absolute Gasteiger partial charge is 0.346 e. The van der Waals surface area contributed by atoms with Gasteiger partial charge in [0.25, 0.3) is 0 Å². The number of hydrogen-bond donors (Lipinski definition) is 1. The zero-order valence-electron chi connectivity index (χ0n) is 16.5. The molecule has 0 saturated heterocycles. The van der Waals surface area contributed by atoms with Crippen LogP contribution in [0.25, 0.3) is 6.08 Å². The van der Waals surface area contributed by atoms with E-state index < -0.39 is 0 Å². The molecule has 136 valence electrons. The second-order valence-corrected chi connectivity index (χ2v) is 6.56. The van der Waals surface area contributed by atoms with E-state index in [1.54, 1.807) is 12.2 Å². The second-order valence-electron chi connectivity index (χ2n) is 6.56. The lowest BCUT2D eigenvalue weighted by Gasteiger charge is -2.27. The van der Waals surface area contributed by atoms with Crippen molar-refractivity contribution in [2.75, 3.05) is 13.6 Å². The number of aryl methyl sites for hydroxylation is 1. The molecular formula is C22H33N3. The summed E-state index contributed by atoms with van der Waals surface area (Å²) in [6.07, 6.45) is 7.23. The van der Waals surface area contributed by atoms with Crippen molar-refractivity contribution in [3.63, 3.8) is 0 Å². The summed E-state index contributed by atoms with van der Waals surface area (Å²) in [4.78, 5) is 2.27. The van der Waals surface area contributed by atoms with Gasteiger partial charge in [0.15, 0.2) is 0 Å². The number of aromatic nitrogens is 1. The predicted molar refractivity (Wildman–Crippen MR) is 111 cm³/mol. The highest BCUT2D eigenvalue weighted by molar-refractivity contribution is 5.99. The molecule has 0 bridgehead atoms. The molecule has 0 aliphatic rings. The zero-order valence-corrected chi connectivity index (χ0v) is 16.5. The topological polar surface area (TPSA) is 32.0 Å². The molecule has 3 nitrogen and oxygen atoms in total. The molecule has 0 aliphatic carbocycles. The van der Waals surface area contributed by atoms with E-state index in [4.69, 9.17) is 5.41 Å². The van der Waals surface area contributed by atoms with Crippen LogP contribution in [0.15, 0.2) is 49.1 Å². The van der Waals surface area contributed by atoms with Crippen molar-refractivity contribution in [3.8, 4) is 0 Å². The molecule has 1 aromatic rings. The highest BCUT2D eigenvalue weighted by atomic mass is 15.2. The first-order valence-electron chi connectivity index (χ1n) is 8.86. The molecule has 0 fully saturated rings. The fraction of sp³-hybridized carbons (Fsp3) is 0.409. The minimum absolute atomic E-state index is 0.220. The third-order valence-corrected chi connectivity index (χ3v) is 4.86. The molecule has 1 heterocycles. The van der Waals surface area contributed by atoms with Crippen molar-refractivity contribution in [3.05, 3.63) is 66.1 Å². The van der Waals surface area contributed by atoms with Gasteiger partial charge in [0.1, 0.15) is 0 Å². The fourth-order valence-electron chi connectivity index (χ4n) is 3.20. The van der Waals surface area contributed by atoms with E-state index in [9.17, 15) is 0 Å². The summed E-state index contributed by atoms with van der Waals surface area (Å²) in [5.41, 5.74) is 6.27. The van der Waals surface area contributed by atoms with Crippen LogP contribution in [0.1, 0.15) is 49.7 Å². The molecule has 0 radical (unpaired) electrons. The Morgan fingerprint density at radius 3 is 2.36 bits per heavy atom. The van der Waals surface area contributed by atoms with Crippen LogP contribution in [-0.4, -0.2) is 28.8 Å². The maximum absolute atomic E-state index is 8.43. The summed E-state index contributed by atoms with van der Waals surface area (Å²) < 4.78 is 2.20. The number of allylic oxidation sites excluding steroid dienone is 3. The van der Waals surface area contributed by atoms with Crippen molar-refractivity contribution in [1.82, 2.24) is 9.47 Å². The number of hydrogen-bond acceptors (Lipinski definition) is 2. The summed E-state index contributed by atoms with van der Waals surface area (Å²) in [5.74, 6) is 0. The van der Waals surface area contributed by atoms with Gasteiger partial charge in [-0.15, -0.1) is 0 Å². The fourth-order valence-corrected chi connectivity index (χ4v) is 3.20. The molecule has 1 atom stereocenters. The number of nitrogens with one attached hydrogen (secondary N) is 1. The van der Waals surface area contributed by atoms with Gasteiger partial charge in [-0.25, -0.2) is 0 Å². The lowest BCUT2D eigenvalue weighted by atomic mass is 9.98. The zero-order chi connectivity index (χ0) is 19.1. The van der Waals surface area contributed by atoms with Gasteiger partial charge in [-0.1, -0.05) is 45.2 Å². The first-order chi connectivity index (χ1) is 11.8.